The minimum Gasteiger partial charge on any atom is -0.481 e. The Labute approximate surface area is 115 Å². The number of aliphatic carboxylic acids is 1. The van der Waals surface area contributed by atoms with Gasteiger partial charge < -0.3 is 19.9 Å². The van der Waals surface area contributed by atoms with Crippen molar-refractivity contribution in [1.29, 1.82) is 0 Å². The molecule has 0 radical (unpaired) electrons. The molecule has 0 spiro atoms. The zero-order valence-corrected chi connectivity index (χ0v) is 10.8. The van der Waals surface area contributed by atoms with Crippen molar-refractivity contribution in [2.75, 3.05) is 12.1 Å². The van der Waals surface area contributed by atoms with Crippen LogP contribution in [0.3, 0.4) is 0 Å². The van der Waals surface area contributed by atoms with Gasteiger partial charge >= 0.3 is 5.97 Å². The van der Waals surface area contributed by atoms with Gasteiger partial charge in [0.05, 0.1) is 11.8 Å². The van der Waals surface area contributed by atoms with E-state index in [9.17, 15) is 9.59 Å². The van der Waals surface area contributed by atoms with Crippen LogP contribution in [0, 0.1) is 11.8 Å². The van der Waals surface area contributed by atoms with Gasteiger partial charge in [0.15, 0.2) is 11.5 Å². The van der Waals surface area contributed by atoms with Gasteiger partial charge in [-0.25, -0.2) is 0 Å². The van der Waals surface area contributed by atoms with Crippen LogP contribution in [-0.2, 0) is 9.59 Å². The van der Waals surface area contributed by atoms with Gasteiger partial charge in [0.25, 0.3) is 0 Å². The topological polar surface area (TPSA) is 84.9 Å². The number of benzene rings is 1. The van der Waals surface area contributed by atoms with E-state index in [0.717, 1.165) is 6.42 Å². The van der Waals surface area contributed by atoms with Gasteiger partial charge in [-0.15, -0.1) is 0 Å². The molecule has 2 N–H and O–H groups in total. The predicted molar refractivity (Wildman–Crippen MR) is 69.7 cm³/mol. The number of carbonyl (C=O) groups is 2. The first-order valence-electron chi connectivity index (χ1n) is 6.58. The molecule has 1 fully saturated rings. The van der Waals surface area contributed by atoms with Gasteiger partial charge in [-0.2, -0.15) is 0 Å². The Morgan fingerprint density at radius 3 is 2.70 bits per heavy atom. The second-order valence-corrected chi connectivity index (χ2v) is 5.04. The van der Waals surface area contributed by atoms with Crippen LogP contribution in [0.1, 0.15) is 19.3 Å². The highest BCUT2D eigenvalue weighted by Crippen LogP contribution is 2.36. The van der Waals surface area contributed by atoms with Gasteiger partial charge in [0, 0.05) is 11.8 Å². The highest BCUT2D eigenvalue weighted by Gasteiger charge is 2.37. The highest BCUT2D eigenvalue weighted by atomic mass is 16.7. The number of hydrogen-bond acceptors (Lipinski definition) is 4. The first-order valence-corrected chi connectivity index (χ1v) is 6.58. The number of carbonyl (C=O) groups excluding carboxylic acids is 1. The van der Waals surface area contributed by atoms with Crippen molar-refractivity contribution < 1.29 is 24.2 Å². The molecule has 6 heteroatoms. The van der Waals surface area contributed by atoms with Crippen LogP contribution in [0.15, 0.2) is 18.2 Å². The molecule has 1 amide bonds. The van der Waals surface area contributed by atoms with Crippen molar-refractivity contribution in [3.8, 4) is 11.5 Å². The minimum absolute atomic E-state index is 0.177. The molecule has 0 bridgehead atoms. The molecule has 0 saturated heterocycles. The number of carboxylic acid groups (broad SMARTS) is 1. The van der Waals surface area contributed by atoms with Crippen molar-refractivity contribution >= 4 is 17.6 Å². The molecule has 2 atom stereocenters. The number of anilines is 1. The van der Waals surface area contributed by atoms with Crippen LogP contribution in [0.5, 0.6) is 11.5 Å². The van der Waals surface area contributed by atoms with Crippen LogP contribution in [0.25, 0.3) is 0 Å². The summed E-state index contributed by atoms with van der Waals surface area (Å²) >= 11 is 0. The molecule has 2 aliphatic rings. The molecule has 1 aliphatic heterocycles. The molecule has 2 unspecified atom stereocenters. The van der Waals surface area contributed by atoms with Crippen LogP contribution >= 0.6 is 0 Å². The van der Waals surface area contributed by atoms with Crippen LogP contribution < -0.4 is 14.8 Å². The summed E-state index contributed by atoms with van der Waals surface area (Å²) in [6.07, 6.45) is 1.96. The maximum absolute atomic E-state index is 12.2. The third kappa shape index (κ3) is 2.29. The average molecular weight is 277 g/mol. The summed E-state index contributed by atoms with van der Waals surface area (Å²) in [4.78, 5) is 23.3. The molecule has 1 saturated carbocycles. The SMILES string of the molecule is O=C(O)C1CCCC1C(=O)Nc1ccc2c(c1)OCO2. The van der Waals surface area contributed by atoms with Crippen molar-refractivity contribution in [3.63, 3.8) is 0 Å². The standard InChI is InChI=1S/C14H15NO5/c16-13(9-2-1-3-10(9)14(17)18)15-8-4-5-11-12(6-8)20-7-19-11/h4-6,9-10H,1-3,7H2,(H,15,16)(H,17,18). The first kappa shape index (κ1) is 12.8. The van der Waals surface area contributed by atoms with Crippen molar-refractivity contribution in [2.45, 2.75) is 19.3 Å². The summed E-state index contributed by atoms with van der Waals surface area (Å²) in [6.45, 7) is 0.177. The Morgan fingerprint density at radius 1 is 1.15 bits per heavy atom. The molecule has 1 heterocycles. The van der Waals surface area contributed by atoms with E-state index in [-0.39, 0.29) is 12.7 Å². The third-order valence-electron chi connectivity index (χ3n) is 3.81. The lowest BCUT2D eigenvalue weighted by molar-refractivity contribution is -0.145. The van der Waals surface area contributed by atoms with Gasteiger partial charge in [0.1, 0.15) is 0 Å². The Morgan fingerprint density at radius 2 is 1.90 bits per heavy atom. The van der Waals surface area contributed by atoms with Gasteiger partial charge in [-0.3, -0.25) is 9.59 Å². The second-order valence-electron chi connectivity index (χ2n) is 5.04. The monoisotopic (exact) mass is 277 g/mol. The maximum atomic E-state index is 12.2. The van der Waals surface area contributed by atoms with E-state index < -0.39 is 17.8 Å². The molecule has 1 aromatic rings. The number of hydrogen-bond donors (Lipinski definition) is 2. The van der Waals surface area contributed by atoms with E-state index in [2.05, 4.69) is 5.32 Å². The van der Waals surface area contributed by atoms with E-state index in [1.165, 1.54) is 0 Å². The summed E-state index contributed by atoms with van der Waals surface area (Å²) in [5.41, 5.74) is 0.593. The lowest BCUT2D eigenvalue weighted by atomic mass is 9.95. The zero-order valence-electron chi connectivity index (χ0n) is 10.8. The minimum atomic E-state index is -0.895. The van der Waals surface area contributed by atoms with E-state index in [1.807, 2.05) is 0 Å². The van der Waals surface area contributed by atoms with Crippen molar-refractivity contribution in [3.05, 3.63) is 18.2 Å². The Kier molecular flexibility index (Phi) is 3.22. The number of fused-ring (bicyclic) bond motifs is 1. The van der Waals surface area contributed by atoms with Crippen molar-refractivity contribution in [2.24, 2.45) is 11.8 Å². The molecule has 1 aromatic carbocycles. The molecule has 106 valence electrons. The van der Waals surface area contributed by atoms with Gasteiger partial charge in [0.2, 0.25) is 12.7 Å². The number of rotatable bonds is 3. The van der Waals surface area contributed by atoms with Crippen LogP contribution in [0.2, 0.25) is 0 Å². The fraction of sp³-hybridized carbons (Fsp3) is 0.429. The fourth-order valence-electron chi connectivity index (χ4n) is 2.78. The second kappa shape index (κ2) is 5.03. The van der Waals surface area contributed by atoms with E-state index in [0.29, 0.717) is 30.0 Å². The molecule has 6 nitrogen and oxygen atoms in total. The summed E-state index contributed by atoms with van der Waals surface area (Å²) in [6, 6.07) is 5.13. The Hall–Kier alpha value is -2.24. The number of amides is 1. The van der Waals surface area contributed by atoms with E-state index >= 15 is 0 Å². The highest BCUT2D eigenvalue weighted by molar-refractivity contribution is 5.95. The fourth-order valence-corrected chi connectivity index (χ4v) is 2.78. The quantitative estimate of drug-likeness (QED) is 0.880. The normalized spacial score (nSPS) is 23.6. The molecule has 0 aromatic heterocycles. The average Bonchev–Trinajstić information content (AvgIpc) is 3.06. The van der Waals surface area contributed by atoms with Crippen LogP contribution in [-0.4, -0.2) is 23.8 Å². The molecule has 3 rings (SSSR count). The summed E-state index contributed by atoms with van der Waals surface area (Å²) in [5, 5.41) is 11.9. The van der Waals surface area contributed by atoms with E-state index in [1.54, 1.807) is 18.2 Å². The van der Waals surface area contributed by atoms with Crippen molar-refractivity contribution in [1.82, 2.24) is 0 Å². The summed E-state index contributed by atoms with van der Waals surface area (Å²) in [7, 11) is 0. The molecular formula is C14H15NO5. The summed E-state index contributed by atoms with van der Waals surface area (Å²) in [5.74, 6) is -0.944. The number of ether oxygens (including phenoxy) is 2. The first-order chi connectivity index (χ1) is 9.65. The third-order valence-corrected chi connectivity index (χ3v) is 3.81. The Bertz CT molecular complexity index is 556. The molecule has 20 heavy (non-hydrogen) atoms. The lowest BCUT2D eigenvalue weighted by Crippen LogP contribution is -2.29. The zero-order chi connectivity index (χ0) is 14.1. The molecular weight excluding hydrogens is 262 g/mol. The van der Waals surface area contributed by atoms with Gasteiger partial charge in [-0.1, -0.05) is 6.42 Å². The predicted octanol–water partition coefficient (Wildman–Crippen LogP) is 1.85. The maximum Gasteiger partial charge on any atom is 0.307 e. The van der Waals surface area contributed by atoms with Crippen LogP contribution in [0.4, 0.5) is 5.69 Å². The molecule has 1 aliphatic carbocycles. The largest absolute Gasteiger partial charge is 0.481 e. The lowest BCUT2D eigenvalue weighted by Gasteiger charge is -2.15. The van der Waals surface area contributed by atoms with Gasteiger partial charge in [-0.05, 0) is 25.0 Å². The number of carboxylic acids is 1. The number of nitrogens with one attached hydrogen (secondary N) is 1. The smallest absolute Gasteiger partial charge is 0.307 e. The summed E-state index contributed by atoms with van der Waals surface area (Å²) < 4.78 is 10.4. The Balaban J connectivity index is 1.71. The van der Waals surface area contributed by atoms with E-state index in [4.69, 9.17) is 14.6 Å².